The number of nitrogens with one attached hydrogen (secondary N) is 2. The Morgan fingerprint density at radius 2 is 1.63 bits per heavy atom. The highest BCUT2D eigenvalue weighted by Gasteiger charge is 2.09. The van der Waals surface area contributed by atoms with Gasteiger partial charge in [0.1, 0.15) is 0 Å². The van der Waals surface area contributed by atoms with Crippen molar-refractivity contribution in [3.8, 4) is 0 Å². The molecule has 0 aliphatic rings. The van der Waals surface area contributed by atoms with Crippen LogP contribution in [-0.4, -0.2) is 29.6 Å². The first-order chi connectivity index (χ1) is 8.99. The Morgan fingerprint density at radius 1 is 1.05 bits per heavy atom. The molecule has 19 heavy (non-hydrogen) atoms. The van der Waals surface area contributed by atoms with Crippen molar-refractivity contribution in [1.29, 1.82) is 0 Å². The monoisotopic (exact) mass is 272 g/mol. The average molecular weight is 272 g/mol. The van der Waals surface area contributed by atoms with Gasteiger partial charge in [-0.3, -0.25) is 14.9 Å². The summed E-state index contributed by atoms with van der Waals surface area (Å²) in [5.74, 6) is -0.813. The first-order valence-corrected chi connectivity index (χ1v) is 6.79. The minimum Gasteiger partial charge on any atom is -0.481 e. The van der Waals surface area contributed by atoms with Gasteiger partial charge < -0.3 is 10.4 Å². The molecule has 0 spiro atoms. The van der Waals surface area contributed by atoms with E-state index >= 15 is 0 Å². The number of aliphatic carboxylic acids is 1. The highest BCUT2D eigenvalue weighted by Crippen LogP contribution is 2.04. The van der Waals surface area contributed by atoms with Crippen molar-refractivity contribution >= 4 is 17.9 Å². The third-order valence-electron chi connectivity index (χ3n) is 3.00. The maximum absolute atomic E-state index is 11.4. The number of rotatable bonds is 9. The molecule has 0 heterocycles. The van der Waals surface area contributed by atoms with Crippen LogP contribution in [0.15, 0.2) is 0 Å². The van der Waals surface area contributed by atoms with Crippen LogP contribution < -0.4 is 10.6 Å². The van der Waals surface area contributed by atoms with E-state index in [1.165, 1.54) is 0 Å². The molecule has 0 fully saturated rings. The van der Waals surface area contributed by atoms with Crippen molar-refractivity contribution in [3.63, 3.8) is 0 Å². The van der Waals surface area contributed by atoms with Crippen LogP contribution in [0.3, 0.4) is 0 Å². The summed E-state index contributed by atoms with van der Waals surface area (Å²) in [5, 5.41) is 13.3. The molecule has 3 amide bonds. The number of urea groups is 1. The zero-order valence-electron chi connectivity index (χ0n) is 11.7. The summed E-state index contributed by atoms with van der Waals surface area (Å²) in [7, 11) is 0. The molecule has 0 rings (SSSR count). The molecule has 0 bridgehead atoms. The Bertz CT molecular complexity index is 301. The Morgan fingerprint density at radius 3 is 2.16 bits per heavy atom. The number of carboxylic acids is 1. The number of imide groups is 1. The lowest BCUT2D eigenvalue weighted by Crippen LogP contribution is -2.41. The largest absolute Gasteiger partial charge is 0.481 e. The second-order valence-electron chi connectivity index (χ2n) is 4.54. The second-order valence-corrected chi connectivity index (χ2v) is 4.54. The Hall–Kier alpha value is -1.59. The fourth-order valence-corrected chi connectivity index (χ4v) is 1.61. The van der Waals surface area contributed by atoms with Gasteiger partial charge in [0, 0.05) is 19.4 Å². The smallest absolute Gasteiger partial charge is 0.321 e. The van der Waals surface area contributed by atoms with E-state index in [4.69, 9.17) is 5.11 Å². The predicted molar refractivity (Wildman–Crippen MR) is 71.7 cm³/mol. The van der Waals surface area contributed by atoms with Gasteiger partial charge in [-0.1, -0.05) is 26.7 Å². The SMILES string of the molecule is CCC(CC)CNC(=O)NC(=O)CCCCC(=O)O. The molecule has 6 heteroatoms. The fraction of sp³-hybridized carbons (Fsp3) is 0.769. The van der Waals surface area contributed by atoms with Gasteiger partial charge in [-0.15, -0.1) is 0 Å². The summed E-state index contributed by atoms with van der Waals surface area (Å²) in [5.41, 5.74) is 0. The molecule has 0 aromatic heterocycles. The van der Waals surface area contributed by atoms with E-state index in [1.54, 1.807) is 0 Å². The molecule has 0 unspecified atom stereocenters. The van der Waals surface area contributed by atoms with Crippen LogP contribution in [0, 0.1) is 5.92 Å². The van der Waals surface area contributed by atoms with Crippen LogP contribution in [0.4, 0.5) is 4.79 Å². The summed E-state index contributed by atoms with van der Waals surface area (Å²) in [6.45, 7) is 4.67. The Balaban J connectivity index is 3.69. The number of hydrogen-bond donors (Lipinski definition) is 3. The zero-order chi connectivity index (χ0) is 14.7. The number of unbranched alkanes of at least 4 members (excludes halogenated alkanes) is 1. The predicted octanol–water partition coefficient (Wildman–Crippen LogP) is 1.89. The van der Waals surface area contributed by atoms with Gasteiger partial charge in [0.15, 0.2) is 0 Å². The maximum Gasteiger partial charge on any atom is 0.321 e. The van der Waals surface area contributed by atoms with Crippen molar-refractivity contribution in [2.45, 2.75) is 52.4 Å². The van der Waals surface area contributed by atoms with Crippen molar-refractivity contribution in [3.05, 3.63) is 0 Å². The summed E-state index contributed by atoms with van der Waals surface area (Å²) in [4.78, 5) is 33.0. The van der Waals surface area contributed by atoms with Crippen molar-refractivity contribution in [1.82, 2.24) is 10.6 Å². The standard InChI is InChI=1S/C13H24N2O4/c1-3-10(4-2)9-14-13(19)15-11(16)7-5-6-8-12(17)18/h10H,3-9H2,1-2H3,(H,17,18)(H2,14,15,16,19). The quantitative estimate of drug-likeness (QED) is 0.558. The Labute approximate surface area is 113 Å². The molecule has 6 nitrogen and oxygen atoms in total. The van der Waals surface area contributed by atoms with Crippen LogP contribution in [0.25, 0.3) is 0 Å². The molecule has 0 aliphatic heterocycles. The summed E-state index contributed by atoms with van der Waals surface area (Å²) < 4.78 is 0. The van der Waals surface area contributed by atoms with E-state index in [0.29, 0.717) is 25.3 Å². The molecule has 3 N–H and O–H groups in total. The van der Waals surface area contributed by atoms with Crippen LogP contribution in [0.2, 0.25) is 0 Å². The van der Waals surface area contributed by atoms with Crippen molar-refractivity contribution in [2.24, 2.45) is 5.92 Å². The highest BCUT2D eigenvalue weighted by molar-refractivity contribution is 5.94. The van der Waals surface area contributed by atoms with Gasteiger partial charge in [-0.2, -0.15) is 0 Å². The Kier molecular flexibility index (Phi) is 9.48. The topological polar surface area (TPSA) is 95.5 Å². The molecule has 110 valence electrons. The van der Waals surface area contributed by atoms with Gasteiger partial charge in [0.25, 0.3) is 0 Å². The van der Waals surface area contributed by atoms with E-state index in [-0.39, 0.29) is 18.7 Å². The molecule has 0 aromatic rings. The molecular weight excluding hydrogens is 248 g/mol. The normalized spacial score (nSPS) is 10.3. The fourth-order valence-electron chi connectivity index (χ4n) is 1.61. The highest BCUT2D eigenvalue weighted by atomic mass is 16.4. The van der Waals surface area contributed by atoms with E-state index in [2.05, 4.69) is 24.5 Å². The van der Waals surface area contributed by atoms with Crippen LogP contribution in [0.1, 0.15) is 52.4 Å². The molecule has 0 saturated carbocycles. The first-order valence-electron chi connectivity index (χ1n) is 6.79. The third-order valence-corrected chi connectivity index (χ3v) is 3.00. The summed E-state index contributed by atoms with van der Waals surface area (Å²) >= 11 is 0. The van der Waals surface area contributed by atoms with Gasteiger partial charge >= 0.3 is 12.0 Å². The summed E-state index contributed by atoms with van der Waals surface area (Å²) in [6, 6.07) is -0.477. The molecular formula is C13H24N2O4. The molecule has 0 saturated heterocycles. The number of amides is 3. The van der Waals surface area contributed by atoms with Gasteiger partial charge in [0.05, 0.1) is 0 Å². The molecule has 0 radical (unpaired) electrons. The zero-order valence-corrected chi connectivity index (χ0v) is 11.7. The lowest BCUT2D eigenvalue weighted by molar-refractivity contribution is -0.137. The maximum atomic E-state index is 11.4. The molecule has 0 aliphatic carbocycles. The van der Waals surface area contributed by atoms with Crippen LogP contribution in [-0.2, 0) is 9.59 Å². The number of carbonyl (C=O) groups excluding carboxylic acids is 2. The van der Waals surface area contributed by atoms with E-state index < -0.39 is 12.0 Å². The van der Waals surface area contributed by atoms with Gasteiger partial charge in [-0.05, 0) is 18.8 Å². The van der Waals surface area contributed by atoms with Gasteiger partial charge in [0.2, 0.25) is 5.91 Å². The molecule has 0 atom stereocenters. The van der Waals surface area contributed by atoms with Gasteiger partial charge in [-0.25, -0.2) is 4.79 Å². The number of carboxylic acid groups (broad SMARTS) is 1. The first kappa shape index (κ1) is 17.4. The van der Waals surface area contributed by atoms with Crippen LogP contribution in [0.5, 0.6) is 0 Å². The number of hydrogen-bond acceptors (Lipinski definition) is 3. The van der Waals surface area contributed by atoms with E-state index in [9.17, 15) is 14.4 Å². The summed E-state index contributed by atoms with van der Waals surface area (Å²) in [6.07, 6.45) is 3.11. The van der Waals surface area contributed by atoms with Crippen molar-refractivity contribution < 1.29 is 19.5 Å². The minimum atomic E-state index is -0.872. The number of carbonyl (C=O) groups is 3. The van der Waals surface area contributed by atoms with Crippen LogP contribution >= 0.6 is 0 Å². The van der Waals surface area contributed by atoms with E-state index in [0.717, 1.165) is 12.8 Å². The third kappa shape index (κ3) is 10.1. The average Bonchev–Trinajstić information content (AvgIpc) is 2.35. The van der Waals surface area contributed by atoms with E-state index in [1.807, 2.05) is 0 Å². The lowest BCUT2D eigenvalue weighted by Gasteiger charge is -2.13. The lowest BCUT2D eigenvalue weighted by atomic mass is 10.0. The van der Waals surface area contributed by atoms with Crippen molar-refractivity contribution in [2.75, 3.05) is 6.54 Å². The minimum absolute atomic E-state index is 0.0498. The second kappa shape index (κ2) is 10.3. The molecule has 0 aromatic carbocycles.